The van der Waals surface area contributed by atoms with Crippen molar-refractivity contribution in [1.29, 1.82) is 0 Å². The van der Waals surface area contributed by atoms with E-state index >= 15 is 0 Å². The number of carbonyl (C=O) groups excluding carboxylic acids is 2. The second kappa shape index (κ2) is 13.0. The summed E-state index contributed by atoms with van der Waals surface area (Å²) >= 11 is 0. The average Bonchev–Trinajstić information content (AvgIpc) is 3.24. The van der Waals surface area contributed by atoms with Crippen molar-refractivity contribution in [2.24, 2.45) is 0 Å². The SMILES string of the molecule is CO[C@H]1CN(C(C)=O)CCCN(C(=O)Cn2ccc(C(F)(F)F)n2)CCCCOC[C@H](O)[C@@H]1O. The highest BCUT2D eigenvalue weighted by molar-refractivity contribution is 5.76. The van der Waals surface area contributed by atoms with Crippen molar-refractivity contribution in [2.45, 2.75) is 57.2 Å². The van der Waals surface area contributed by atoms with Gasteiger partial charge in [-0.15, -0.1) is 0 Å². The number of alkyl halides is 3. The Kier molecular flexibility index (Phi) is 10.7. The number of ether oxygens (including phenoxy) is 2. The van der Waals surface area contributed by atoms with Crippen molar-refractivity contribution in [3.05, 3.63) is 18.0 Å². The lowest BCUT2D eigenvalue weighted by atomic mass is 10.1. The van der Waals surface area contributed by atoms with Crippen LogP contribution in [0.4, 0.5) is 13.2 Å². The first kappa shape index (κ1) is 28.0. The lowest BCUT2D eigenvalue weighted by molar-refractivity contribution is -0.142. The number of methoxy groups -OCH3 is 1. The standard InChI is InChI=1S/C21H33F3N4O6/c1-15(29)27-9-5-8-26(19(31)13-28-10-6-18(25-28)21(22,23)24)7-3-4-11-34-14-16(30)20(32)17(12-27)33-2/h6,10,16-17,20,30,32H,3-5,7-9,11-14H2,1-2H3/t16-,17-,20-/m0/s1. The van der Waals surface area contributed by atoms with Crippen molar-refractivity contribution < 1.29 is 42.4 Å². The van der Waals surface area contributed by atoms with Crippen molar-refractivity contribution in [3.8, 4) is 0 Å². The van der Waals surface area contributed by atoms with E-state index < -0.39 is 36.1 Å². The number of aliphatic hydroxyl groups is 2. The van der Waals surface area contributed by atoms with E-state index in [-0.39, 0.29) is 45.3 Å². The van der Waals surface area contributed by atoms with E-state index in [9.17, 15) is 33.0 Å². The molecule has 1 aliphatic rings. The number of aliphatic hydroxyl groups excluding tert-OH is 2. The molecule has 0 aromatic carbocycles. The van der Waals surface area contributed by atoms with Gasteiger partial charge in [-0.25, -0.2) is 0 Å². The summed E-state index contributed by atoms with van der Waals surface area (Å²) in [4.78, 5) is 27.9. The highest BCUT2D eigenvalue weighted by atomic mass is 19.4. The van der Waals surface area contributed by atoms with Crippen molar-refractivity contribution in [2.75, 3.05) is 46.5 Å². The number of halogens is 3. The molecule has 2 rings (SSSR count). The molecule has 2 N–H and O–H groups in total. The highest BCUT2D eigenvalue weighted by Gasteiger charge is 2.34. The van der Waals surface area contributed by atoms with Crippen LogP contribution in [-0.4, -0.2) is 106 Å². The van der Waals surface area contributed by atoms with Crippen LogP contribution in [0.15, 0.2) is 12.3 Å². The minimum absolute atomic E-state index is 0.0332. The molecule has 0 aliphatic carbocycles. The zero-order chi connectivity index (χ0) is 25.3. The van der Waals surface area contributed by atoms with Crippen LogP contribution in [0.3, 0.4) is 0 Å². The zero-order valence-electron chi connectivity index (χ0n) is 19.4. The summed E-state index contributed by atoms with van der Waals surface area (Å²) in [5, 5.41) is 24.0. The third-order valence-corrected chi connectivity index (χ3v) is 5.62. The number of amides is 2. The van der Waals surface area contributed by atoms with E-state index in [1.54, 1.807) is 0 Å². The second-order valence-corrected chi connectivity index (χ2v) is 8.21. The van der Waals surface area contributed by atoms with Crippen molar-refractivity contribution in [1.82, 2.24) is 19.6 Å². The molecule has 0 radical (unpaired) electrons. The molecule has 0 bridgehead atoms. The van der Waals surface area contributed by atoms with Gasteiger partial charge in [0.25, 0.3) is 0 Å². The molecule has 194 valence electrons. The Labute approximate surface area is 196 Å². The largest absolute Gasteiger partial charge is 0.435 e. The molecule has 10 nitrogen and oxygen atoms in total. The Morgan fingerprint density at radius 1 is 1.18 bits per heavy atom. The van der Waals surface area contributed by atoms with Gasteiger partial charge in [-0.2, -0.15) is 18.3 Å². The molecular weight excluding hydrogens is 461 g/mol. The number of carbonyl (C=O) groups is 2. The number of hydrogen-bond donors (Lipinski definition) is 2. The molecule has 2 amide bonds. The number of hydrogen-bond acceptors (Lipinski definition) is 7. The van der Waals surface area contributed by atoms with Crippen LogP contribution in [0.1, 0.15) is 31.9 Å². The van der Waals surface area contributed by atoms with Crippen LogP contribution in [0, 0.1) is 0 Å². The van der Waals surface area contributed by atoms with Crippen LogP contribution in [0.25, 0.3) is 0 Å². The maximum Gasteiger partial charge on any atom is 0.435 e. The molecule has 0 unspecified atom stereocenters. The van der Waals surface area contributed by atoms with Gasteiger partial charge in [0.1, 0.15) is 24.9 Å². The maximum atomic E-state index is 12.8. The van der Waals surface area contributed by atoms with E-state index in [0.29, 0.717) is 25.8 Å². The molecule has 1 aliphatic heterocycles. The van der Waals surface area contributed by atoms with Crippen LogP contribution in [-0.2, 0) is 31.8 Å². The predicted octanol–water partition coefficient (Wildman–Crippen LogP) is 0.516. The Balaban J connectivity index is 2.08. The van der Waals surface area contributed by atoms with E-state index in [1.165, 1.54) is 23.8 Å². The molecule has 3 atom stereocenters. The molecule has 1 fully saturated rings. The third kappa shape index (κ3) is 8.53. The van der Waals surface area contributed by atoms with Crippen molar-refractivity contribution in [3.63, 3.8) is 0 Å². The van der Waals surface area contributed by atoms with Gasteiger partial charge in [0.2, 0.25) is 11.8 Å². The minimum Gasteiger partial charge on any atom is -0.388 e. The van der Waals surface area contributed by atoms with Gasteiger partial charge >= 0.3 is 6.18 Å². The first-order chi connectivity index (χ1) is 16.0. The molecule has 1 aromatic rings. The molecule has 34 heavy (non-hydrogen) atoms. The second-order valence-electron chi connectivity index (χ2n) is 8.21. The summed E-state index contributed by atoms with van der Waals surface area (Å²) in [6, 6.07) is 0.816. The summed E-state index contributed by atoms with van der Waals surface area (Å²) in [6.45, 7) is 2.12. The number of aromatic nitrogens is 2. The fourth-order valence-corrected chi connectivity index (χ4v) is 3.63. The Bertz CT molecular complexity index is 791. The first-order valence-electron chi connectivity index (χ1n) is 11.1. The van der Waals surface area contributed by atoms with Gasteiger partial charge in [0.15, 0.2) is 5.69 Å². The van der Waals surface area contributed by atoms with Gasteiger partial charge in [-0.05, 0) is 25.3 Å². The van der Waals surface area contributed by atoms with Gasteiger partial charge in [0.05, 0.1) is 6.61 Å². The Morgan fingerprint density at radius 3 is 2.47 bits per heavy atom. The fourth-order valence-electron chi connectivity index (χ4n) is 3.63. The average molecular weight is 495 g/mol. The van der Waals surface area contributed by atoms with Crippen LogP contribution < -0.4 is 0 Å². The summed E-state index contributed by atoms with van der Waals surface area (Å²) in [7, 11) is 1.37. The van der Waals surface area contributed by atoms with Crippen LogP contribution in [0.2, 0.25) is 0 Å². The molecular formula is C21H33F3N4O6. The minimum atomic E-state index is -4.59. The fraction of sp³-hybridized carbons (Fsp3) is 0.762. The van der Waals surface area contributed by atoms with Crippen LogP contribution in [0.5, 0.6) is 0 Å². The van der Waals surface area contributed by atoms with E-state index in [0.717, 1.165) is 16.9 Å². The molecule has 1 saturated heterocycles. The lowest BCUT2D eigenvalue weighted by Crippen LogP contribution is -2.48. The molecule has 1 aromatic heterocycles. The highest BCUT2D eigenvalue weighted by Crippen LogP contribution is 2.27. The summed E-state index contributed by atoms with van der Waals surface area (Å²) in [6.07, 6.45) is -5.23. The van der Waals surface area contributed by atoms with Gasteiger partial charge in [-0.3, -0.25) is 14.3 Å². The first-order valence-corrected chi connectivity index (χ1v) is 11.1. The van der Waals surface area contributed by atoms with Gasteiger partial charge in [-0.1, -0.05) is 0 Å². The topological polar surface area (TPSA) is 117 Å². The van der Waals surface area contributed by atoms with E-state index in [2.05, 4.69) is 5.10 Å². The monoisotopic (exact) mass is 494 g/mol. The van der Waals surface area contributed by atoms with Crippen LogP contribution >= 0.6 is 0 Å². The normalized spacial score (nSPS) is 24.4. The third-order valence-electron chi connectivity index (χ3n) is 5.62. The Morgan fingerprint density at radius 2 is 1.85 bits per heavy atom. The molecule has 13 heteroatoms. The smallest absolute Gasteiger partial charge is 0.388 e. The summed E-state index contributed by atoms with van der Waals surface area (Å²) in [5.41, 5.74) is -1.07. The number of nitrogens with zero attached hydrogens (tertiary/aromatic N) is 4. The van der Waals surface area contributed by atoms with Crippen molar-refractivity contribution >= 4 is 11.8 Å². The van der Waals surface area contributed by atoms with Gasteiger partial charge in [0, 0.05) is 53.0 Å². The van der Waals surface area contributed by atoms with Gasteiger partial charge < -0.3 is 29.5 Å². The quantitative estimate of drug-likeness (QED) is 0.629. The lowest BCUT2D eigenvalue weighted by Gasteiger charge is -2.31. The molecule has 0 saturated carbocycles. The molecule has 0 spiro atoms. The predicted molar refractivity (Wildman–Crippen MR) is 114 cm³/mol. The maximum absolute atomic E-state index is 12.8. The summed E-state index contributed by atoms with van der Waals surface area (Å²) < 4.78 is 50.0. The van der Waals surface area contributed by atoms with E-state index in [1.807, 2.05) is 0 Å². The Hall–Kier alpha value is -2.22. The zero-order valence-corrected chi connectivity index (χ0v) is 19.4. The summed E-state index contributed by atoms with van der Waals surface area (Å²) in [5.74, 6) is -0.657. The molecule has 2 heterocycles. The van der Waals surface area contributed by atoms with E-state index in [4.69, 9.17) is 9.47 Å². The number of rotatable bonds is 3.